The zero-order valence-electron chi connectivity index (χ0n) is 12.3. The third-order valence-corrected chi connectivity index (χ3v) is 3.54. The molecule has 7 heteroatoms. The number of para-hydroxylation sites is 1. The molecule has 0 unspecified atom stereocenters. The van der Waals surface area contributed by atoms with Crippen molar-refractivity contribution in [3.8, 4) is 0 Å². The summed E-state index contributed by atoms with van der Waals surface area (Å²) in [4.78, 5) is 30.9. The van der Waals surface area contributed by atoms with Crippen LogP contribution in [0.25, 0.3) is 0 Å². The lowest BCUT2D eigenvalue weighted by Gasteiger charge is -2.18. The zero-order valence-corrected chi connectivity index (χ0v) is 12.3. The minimum atomic E-state index is -0.455. The summed E-state index contributed by atoms with van der Waals surface area (Å²) in [5.41, 5.74) is 0.845. The van der Waals surface area contributed by atoms with Crippen molar-refractivity contribution in [1.29, 1.82) is 0 Å². The number of anilines is 2. The van der Waals surface area contributed by atoms with Gasteiger partial charge in [0.05, 0.1) is 5.69 Å². The van der Waals surface area contributed by atoms with Crippen LogP contribution in [0.15, 0.2) is 48.8 Å². The molecule has 2 aromatic rings. The number of benzene rings is 1. The first-order valence-electron chi connectivity index (χ1n) is 7.16. The summed E-state index contributed by atoms with van der Waals surface area (Å²) in [7, 11) is 0. The highest BCUT2D eigenvalue weighted by molar-refractivity contribution is 5.99. The molecule has 3 amide bonds. The lowest BCUT2D eigenvalue weighted by molar-refractivity contribution is -0.116. The Morgan fingerprint density at radius 1 is 1.17 bits per heavy atom. The Morgan fingerprint density at radius 3 is 2.65 bits per heavy atom. The minimum Gasteiger partial charge on any atom is -0.324 e. The molecule has 0 atom stereocenters. The maximum absolute atomic E-state index is 13.8. The highest BCUT2D eigenvalue weighted by Gasteiger charge is 2.32. The van der Waals surface area contributed by atoms with Gasteiger partial charge in [-0.3, -0.25) is 14.7 Å². The Bertz CT molecular complexity index is 723. The molecule has 1 aromatic heterocycles. The topological polar surface area (TPSA) is 65.5 Å². The van der Waals surface area contributed by atoms with Crippen LogP contribution in [0.1, 0.15) is 0 Å². The molecule has 6 nitrogen and oxygen atoms in total. The lowest BCUT2D eigenvalue weighted by Crippen LogP contribution is -2.37. The van der Waals surface area contributed by atoms with E-state index in [1.54, 1.807) is 42.7 Å². The predicted octanol–water partition coefficient (Wildman–Crippen LogP) is 2.10. The van der Waals surface area contributed by atoms with Crippen molar-refractivity contribution in [2.75, 3.05) is 29.9 Å². The van der Waals surface area contributed by atoms with Crippen LogP contribution in [0.2, 0.25) is 0 Å². The van der Waals surface area contributed by atoms with Crippen LogP contribution in [0.3, 0.4) is 0 Å². The molecule has 3 rings (SSSR count). The molecule has 1 saturated heterocycles. The number of amides is 3. The number of nitrogens with zero attached hydrogens (tertiary/aromatic N) is 3. The van der Waals surface area contributed by atoms with E-state index in [1.807, 2.05) is 0 Å². The second-order valence-electron chi connectivity index (χ2n) is 5.09. The van der Waals surface area contributed by atoms with Crippen LogP contribution in [0.4, 0.5) is 20.6 Å². The van der Waals surface area contributed by atoms with Gasteiger partial charge in [0, 0.05) is 31.2 Å². The summed E-state index contributed by atoms with van der Waals surface area (Å²) in [6, 6.07) is 9.05. The Labute approximate surface area is 132 Å². The molecule has 23 heavy (non-hydrogen) atoms. The normalized spacial score (nSPS) is 14.2. The standard InChI is InChI=1S/C16H15FN4O2/c17-13-3-1-2-4-14(13)21-10-9-20(16(21)23)11-15(22)19-12-5-7-18-8-6-12/h1-8H,9-11H2,(H,18,19,22). The summed E-state index contributed by atoms with van der Waals surface area (Å²) in [6.45, 7) is 0.644. The van der Waals surface area contributed by atoms with Gasteiger partial charge < -0.3 is 10.2 Å². The molecule has 1 aliphatic rings. The monoisotopic (exact) mass is 314 g/mol. The quantitative estimate of drug-likeness (QED) is 0.940. The zero-order chi connectivity index (χ0) is 16.2. The Balaban J connectivity index is 1.63. The van der Waals surface area contributed by atoms with E-state index in [9.17, 15) is 14.0 Å². The first kappa shape index (κ1) is 15.0. The summed E-state index contributed by atoms with van der Waals surface area (Å²) >= 11 is 0. The Kier molecular flexibility index (Phi) is 4.18. The van der Waals surface area contributed by atoms with E-state index in [0.29, 0.717) is 18.8 Å². The Morgan fingerprint density at radius 2 is 1.91 bits per heavy atom. The third-order valence-electron chi connectivity index (χ3n) is 3.54. The largest absolute Gasteiger partial charge is 0.325 e. The van der Waals surface area contributed by atoms with Gasteiger partial charge in [-0.15, -0.1) is 0 Å². The first-order valence-corrected chi connectivity index (χ1v) is 7.16. The maximum atomic E-state index is 13.8. The van der Waals surface area contributed by atoms with Crippen molar-refractivity contribution in [2.24, 2.45) is 0 Å². The van der Waals surface area contributed by atoms with Gasteiger partial charge in [0.15, 0.2) is 0 Å². The molecular weight excluding hydrogens is 299 g/mol. The molecule has 1 aromatic carbocycles. The number of pyridine rings is 1. The first-order chi connectivity index (χ1) is 11.1. The van der Waals surface area contributed by atoms with Gasteiger partial charge >= 0.3 is 6.03 Å². The summed E-state index contributed by atoms with van der Waals surface area (Å²) < 4.78 is 13.8. The average Bonchev–Trinajstić information content (AvgIpc) is 2.90. The van der Waals surface area contributed by atoms with Gasteiger partial charge in [0.1, 0.15) is 12.4 Å². The summed E-state index contributed by atoms with van der Waals surface area (Å²) in [6.07, 6.45) is 3.13. The predicted molar refractivity (Wildman–Crippen MR) is 83.6 cm³/mol. The van der Waals surface area contributed by atoms with Gasteiger partial charge in [-0.05, 0) is 24.3 Å². The molecule has 0 radical (unpaired) electrons. The molecule has 1 fully saturated rings. The minimum absolute atomic E-state index is 0.0773. The van der Waals surface area contributed by atoms with Gasteiger partial charge in [0.25, 0.3) is 0 Å². The van der Waals surface area contributed by atoms with Crippen molar-refractivity contribution >= 4 is 23.3 Å². The van der Waals surface area contributed by atoms with Crippen LogP contribution < -0.4 is 10.2 Å². The van der Waals surface area contributed by atoms with E-state index >= 15 is 0 Å². The van der Waals surface area contributed by atoms with Crippen LogP contribution in [-0.2, 0) is 4.79 Å². The lowest BCUT2D eigenvalue weighted by atomic mass is 10.3. The second kappa shape index (κ2) is 6.43. The van der Waals surface area contributed by atoms with Crippen molar-refractivity contribution in [3.05, 3.63) is 54.6 Å². The van der Waals surface area contributed by atoms with Gasteiger partial charge in [-0.1, -0.05) is 12.1 Å². The number of hydrogen-bond donors (Lipinski definition) is 1. The van der Waals surface area contributed by atoms with E-state index < -0.39 is 5.82 Å². The van der Waals surface area contributed by atoms with E-state index in [0.717, 1.165) is 0 Å². The molecule has 1 N–H and O–H groups in total. The van der Waals surface area contributed by atoms with Crippen LogP contribution in [0.5, 0.6) is 0 Å². The highest BCUT2D eigenvalue weighted by Crippen LogP contribution is 2.23. The highest BCUT2D eigenvalue weighted by atomic mass is 19.1. The van der Waals surface area contributed by atoms with Crippen molar-refractivity contribution in [2.45, 2.75) is 0 Å². The third kappa shape index (κ3) is 3.28. The smallest absolute Gasteiger partial charge is 0.324 e. The number of hydrogen-bond acceptors (Lipinski definition) is 3. The molecule has 2 heterocycles. The fourth-order valence-corrected chi connectivity index (χ4v) is 2.43. The average molecular weight is 314 g/mol. The van der Waals surface area contributed by atoms with Gasteiger partial charge in [-0.25, -0.2) is 9.18 Å². The number of carbonyl (C=O) groups is 2. The number of aromatic nitrogens is 1. The van der Waals surface area contributed by atoms with E-state index in [4.69, 9.17) is 0 Å². The number of nitrogens with one attached hydrogen (secondary N) is 1. The molecule has 0 saturated carbocycles. The molecular formula is C16H15FN4O2. The van der Waals surface area contributed by atoms with Crippen LogP contribution in [-0.4, -0.2) is 41.5 Å². The number of urea groups is 1. The van der Waals surface area contributed by atoms with E-state index in [2.05, 4.69) is 10.3 Å². The molecule has 0 spiro atoms. The van der Waals surface area contributed by atoms with Crippen molar-refractivity contribution in [1.82, 2.24) is 9.88 Å². The van der Waals surface area contributed by atoms with Crippen LogP contribution >= 0.6 is 0 Å². The molecule has 0 bridgehead atoms. The maximum Gasteiger partial charge on any atom is 0.325 e. The van der Waals surface area contributed by atoms with E-state index in [-0.39, 0.29) is 24.2 Å². The SMILES string of the molecule is O=C(CN1CCN(c2ccccc2F)C1=O)Nc1ccncc1. The van der Waals surface area contributed by atoms with Gasteiger partial charge in [0.2, 0.25) is 5.91 Å². The fourth-order valence-electron chi connectivity index (χ4n) is 2.43. The number of rotatable bonds is 4. The Hall–Kier alpha value is -2.96. The molecule has 118 valence electrons. The fraction of sp³-hybridized carbons (Fsp3) is 0.188. The number of carbonyl (C=O) groups excluding carboxylic acids is 2. The summed E-state index contributed by atoms with van der Waals surface area (Å²) in [5.74, 6) is -0.760. The number of halogens is 1. The summed E-state index contributed by atoms with van der Waals surface area (Å²) in [5, 5.41) is 2.69. The van der Waals surface area contributed by atoms with E-state index in [1.165, 1.54) is 15.9 Å². The van der Waals surface area contributed by atoms with Crippen molar-refractivity contribution < 1.29 is 14.0 Å². The van der Waals surface area contributed by atoms with Gasteiger partial charge in [-0.2, -0.15) is 0 Å². The molecule has 1 aliphatic heterocycles. The second-order valence-corrected chi connectivity index (χ2v) is 5.09. The van der Waals surface area contributed by atoms with Crippen molar-refractivity contribution in [3.63, 3.8) is 0 Å². The molecule has 0 aliphatic carbocycles. The van der Waals surface area contributed by atoms with Crippen LogP contribution in [0, 0.1) is 5.82 Å².